The van der Waals surface area contributed by atoms with Gasteiger partial charge >= 0.3 is 0 Å². The van der Waals surface area contributed by atoms with Crippen LogP contribution in [0.3, 0.4) is 0 Å². The summed E-state index contributed by atoms with van der Waals surface area (Å²) in [4.78, 5) is 4.25. The quantitative estimate of drug-likeness (QED) is 0.823. The predicted octanol–water partition coefficient (Wildman–Crippen LogP) is 3.18. The highest BCUT2D eigenvalue weighted by Crippen LogP contribution is 2.18. The first kappa shape index (κ1) is 14.0. The van der Waals surface area contributed by atoms with Gasteiger partial charge in [0.15, 0.2) is 0 Å². The van der Waals surface area contributed by atoms with Gasteiger partial charge in [-0.3, -0.25) is 0 Å². The van der Waals surface area contributed by atoms with E-state index in [-0.39, 0.29) is 6.10 Å². The number of ether oxygens (including phenoxy) is 1. The normalized spacial score (nSPS) is 14.7. The molecule has 0 aliphatic carbocycles. The van der Waals surface area contributed by atoms with Crippen molar-refractivity contribution in [2.75, 3.05) is 6.54 Å². The molecule has 0 radical (unpaired) electrons. The Hall–Kier alpha value is -1.09. The highest BCUT2D eigenvalue weighted by molar-refractivity contribution is 5.23. The number of nitrogens with one attached hydrogen (secondary N) is 1. The second-order valence-corrected chi connectivity index (χ2v) is 4.77. The lowest BCUT2D eigenvalue weighted by Crippen LogP contribution is -2.20. The Morgan fingerprint density at radius 3 is 2.59 bits per heavy atom. The first-order valence-electron chi connectivity index (χ1n) is 6.40. The van der Waals surface area contributed by atoms with Gasteiger partial charge < -0.3 is 10.1 Å². The maximum Gasteiger partial charge on any atom is 0.213 e. The summed E-state index contributed by atoms with van der Waals surface area (Å²) in [6, 6.07) is 4.38. The molecule has 0 aliphatic heterocycles. The van der Waals surface area contributed by atoms with E-state index in [1.165, 1.54) is 5.56 Å². The highest BCUT2D eigenvalue weighted by atomic mass is 16.5. The van der Waals surface area contributed by atoms with Crippen LogP contribution in [0.5, 0.6) is 5.88 Å². The summed E-state index contributed by atoms with van der Waals surface area (Å²) in [6.45, 7) is 11.6. The van der Waals surface area contributed by atoms with Crippen LogP contribution in [0.15, 0.2) is 18.3 Å². The zero-order chi connectivity index (χ0) is 12.8. The summed E-state index contributed by atoms with van der Waals surface area (Å²) in [6.07, 6.45) is 2.00. The van der Waals surface area contributed by atoms with E-state index in [2.05, 4.69) is 44.9 Å². The largest absolute Gasteiger partial charge is 0.474 e. The molecular weight excluding hydrogens is 212 g/mol. The molecule has 0 spiro atoms. The molecule has 0 saturated carbocycles. The maximum absolute atomic E-state index is 5.81. The molecule has 0 amide bonds. The molecule has 1 aromatic rings. The molecular formula is C14H24N2O. The van der Waals surface area contributed by atoms with Gasteiger partial charge in [-0.25, -0.2) is 4.98 Å². The summed E-state index contributed by atoms with van der Waals surface area (Å²) in [7, 11) is 0. The molecule has 3 heteroatoms. The van der Waals surface area contributed by atoms with Gasteiger partial charge in [0, 0.05) is 18.3 Å². The van der Waals surface area contributed by atoms with Crippen molar-refractivity contribution in [2.45, 2.75) is 46.8 Å². The minimum absolute atomic E-state index is 0.187. The van der Waals surface area contributed by atoms with Crippen LogP contribution in [-0.2, 0) is 0 Å². The van der Waals surface area contributed by atoms with Crippen LogP contribution in [0, 0.1) is 5.92 Å². The van der Waals surface area contributed by atoms with E-state index >= 15 is 0 Å². The fourth-order valence-electron chi connectivity index (χ4n) is 1.51. The van der Waals surface area contributed by atoms with Crippen LogP contribution in [0.1, 0.15) is 46.2 Å². The SMILES string of the molecule is CCNC(C)c1ccnc(OC(C)C(C)C)c1. The van der Waals surface area contributed by atoms with Crippen LogP contribution in [0.2, 0.25) is 0 Å². The topological polar surface area (TPSA) is 34.2 Å². The van der Waals surface area contributed by atoms with Gasteiger partial charge in [-0.1, -0.05) is 20.8 Å². The van der Waals surface area contributed by atoms with Gasteiger partial charge in [-0.2, -0.15) is 0 Å². The molecule has 1 aromatic heterocycles. The molecule has 1 rings (SSSR count). The van der Waals surface area contributed by atoms with E-state index in [1.807, 2.05) is 18.3 Å². The molecule has 0 saturated heterocycles. The van der Waals surface area contributed by atoms with Gasteiger partial charge in [0.25, 0.3) is 0 Å². The number of rotatable bonds is 6. The number of hydrogen-bond acceptors (Lipinski definition) is 3. The van der Waals surface area contributed by atoms with Gasteiger partial charge in [-0.15, -0.1) is 0 Å². The predicted molar refractivity (Wildman–Crippen MR) is 71.3 cm³/mol. The van der Waals surface area contributed by atoms with Crippen molar-refractivity contribution >= 4 is 0 Å². The molecule has 1 heterocycles. The zero-order valence-electron chi connectivity index (χ0n) is 11.5. The average Bonchev–Trinajstić information content (AvgIpc) is 2.29. The van der Waals surface area contributed by atoms with Gasteiger partial charge in [0.1, 0.15) is 0 Å². The lowest BCUT2D eigenvalue weighted by molar-refractivity contribution is 0.163. The Morgan fingerprint density at radius 1 is 1.29 bits per heavy atom. The van der Waals surface area contributed by atoms with E-state index < -0.39 is 0 Å². The molecule has 1 N–H and O–H groups in total. The minimum Gasteiger partial charge on any atom is -0.474 e. The third kappa shape index (κ3) is 4.35. The van der Waals surface area contributed by atoms with E-state index in [0.29, 0.717) is 17.8 Å². The summed E-state index contributed by atoms with van der Waals surface area (Å²) in [5.41, 5.74) is 1.22. The number of hydrogen-bond donors (Lipinski definition) is 1. The number of nitrogens with zero attached hydrogens (tertiary/aromatic N) is 1. The summed E-state index contributed by atoms with van der Waals surface area (Å²) in [5, 5.41) is 3.38. The molecule has 96 valence electrons. The van der Waals surface area contributed by atoms with Crippen LogP contribution in [0.4, 0.5) is 0 Å². The van der Waals surface area contributed by atoms with Gasteiger partial charge in [0.05, 0.1) is 6.10 Å². The lowest BCUT2D eigenvalue weighted by Gasteiger charge is -2.18. The van der Waals surface area contributed by atoms with Crippen molar-refractivity contribution in [3.63, 3.8) is 0 Å². The van der Waals surface area contributed by atoms with Gasteiger partial charge in [0.2, 0.25) is 5.88 Å². The van der Waals surface area contributed by atoms with E-state index in [9.17, 15) is 0 Å². The highest BCUT2D eigenvalue weighted by Gasteiger charge is 2.11. The molecule has 0 aromatic carbocycles. The Labute approximate surface area is 105 Å². The number of aromatic nitrogens is 1. The van der Waals surface area contributed by atoms with E-state index in [4.69, 9.17) is 4.74 Å². The molecule has 2 atom stereocenters. The van der Waals surface area contributed by atoms with Crippen molar-refractivity contribution in [1.29, 1.82) is 0 Å². The molecule has 3 nitrogen and oxygen atoms in total. The standard InChI is InChI=1S/C14H24N2O/c1-6-15-11(4)13-7-8-16-14(9-13)17-12(5)10(2)3/h7-12,15H,6H2,1-5H3. The third-order valence-electron chi connectivity index (χ3n) is 3.01. The lowest BCUT2D eigenvalue weighted by atomic mass is 10.1. The smallest absolute Gasteiger partial charge is 0.213 e. The Bertz CT molecular complexity index is 339. The van der Waals surface area contributed by atoms with E-state index in [1.54, 1.807) is 0 Å². The zero-order valence-corrected chi connectivity index (χ0v) is 11.5. The van der Waals surface area contributed by atoms with Crippen LogP contribution in [0.25, 0.3) is 0 Å². The van der Waals surface area contributed by atoms with Crippen molar-refractivity contribution in [3.8, 4) is 5.88 Å². The van der Waals surface area contributed by atoms with Crippen molar-refractivity contribution in [2.24, 2.45) is 5.92 Å². The molecule has 17 heavy (non-hydrogen) atoms. The Balaban J connectivity index is 2.72. The average molecular weight is 236 g/mol. The molecule has 0 fully saturated rings. The summed E-state index contributed by atoms with van der Waals surface area (Å²) >= 11 is 0. The maximum atomic E-state index is 5.81. The molecule has 0 bridgehead atoms. The van der Waals surface area contributed by atoms with Crippen LogP contribution < -0.4 is 10.1 Å². The second-order valence-electron chi connectivity index (χ2n) is 4.77. The number of pyridine rings is 1. The van der Waals surface area contributed by atoms with Crippen molar-refractivity contribution in [1.82, 2.24) is 10.3 Å². The Kier molecular flexibility index (Phi) is 5.42. The van der Waals surface area contributed by atoms with Crippen LogP contribution >= 0.6 is 0 Å². The molecule has 0 aliphatic rings. The van der Waals surface area contributed by atoms with E-state index in [0.717, 1.165) is 6.54 Å². The molecule has 2 unspecified atom stereocenters. The van der Waals surface area contributed by atoms with Crippen molar-refractivity contribution in [3.05, 3.63) is 23.9 Å². The van der Waals surface area contributed by atoms with Crippen molar-refractivity contribution < 1.29 is 4.74 Å². The fourth-order valence-corrected chi connectivity index (χ4v) is 1.51. The van der Waals surface area contributed by atoms with Gasteiger partial charge in [-0.05, 0) is 37.9 Å². The summed E-state index contributed by atoms with van der Waals surface area (Å²) < 4.78 is 5.81. The third-order valence-corrected chi connectivity index (χ3v) is 3.01. The second kappa shape index (κ2) is 6.60. The minimum atomic E-state index is 0.187. The first-order chi connectivity index (χ1) is 8.04. The van der Waals surface area contributed by atoms with Crippen LogP contribution in [-0.4, -0.2) is 17.6 Å². The fraction of sp³-hybridized carbons (Fsp3) is 0.643. The monoisotopic (exact) mass is 236 g/mol. The Morgan fingerprint density at radius 2 is 2.00 bits per heavy atom. The summed E-state index contributed by atoms with van der Waals surface area (Å²) in [5.74, 6) is 1.21. The first-order valence-corrected chi connectivity index (χ1v) is 6.40.